The van der Waals surface area contributed by atoms with E-state index in [1.807, 2.05) is 18.2 Å². The largest absolute Gasteiger partial charge is 0.359 e. The number of carbonyl (C=O) groups is 2. The number of aromatic nitrogens is 1. The van der Waals surface area contributed by atoms with E-state index in [-0.39, 0.29) is 5.91 Å². The summed E-state index contributed by atoms with van der Waals surface area (Å²) >= 11 is 8.29. The van der Waals surface area contributed by atoms with Gasteiger partial charge in [-0.15, -0.1) is 0 Å². The van der Waals surface area contributed by atoms with Crippen LogP contribution in [-0.2, 0) is 0 Å². The van der Waals surface area contributed by atoms with Crippen LogP contribution < -0.4 is 10.7 Å². The van der Waals surface area contributed by atoms with E-state index in [1.54, 1.807) is 36.4 Å². The van der Waals surface area contributed by atoms with Crippen molar-refractivity contribution in [1.82, 2.24) is 15.4 Å². The number of rotatable bonds is 3. The summed E-state index contributed by atoms with van der Waals surface area (Å²) in [5.41, 5.74) is 5.06. The molecule has 1 aliphatic heterocycles. The highest BCUT2D eigenvalue weighted by atomic mass is 127. The Morgan fingerprint density at radius 3 is 2.68 bits per heavy atom. The van der Waals surface area contributed by atoms with Gasteiger partial charge in [0.05, 0.1) is 5.56 Å². The van der Waals surface area contributed by atoms with Crippen LogP contribution in [0.15, 0.2) is 67.0 Å². The summed E-state index contributed by atoms with van der Waals surface area (Å²) in [5.74, 6) is -0.710. The number of fused-ring (bicyclic) bond motifs is 1. The molecule has 8 heteroatoms. The Hall–Kier alpha value is -2.65. The van der Waals surface area contributed by atoms with E-state index >= 15 is 0 Å². The molecule has 6 nitrogen and oxygen atoms in total. The summed E-state index contributed by atoms with van der Waals surface area (Å²) in [6.45, 7) is 0. The van der Waals surface area contributed by atoms with Crippen LogP contribution in [0.2, 0.25) is 5.02 Å². The van der Waals surface area contributed by atoms with Crippen LogP contribution in [0.1, 0.15) is 32.4 Å². The number of pyridine rings is 1. The van der Waals surface area contributed by atoms with Gasteiger partial charge in [0.15, 0.2) is 0 Å². The third-order valence-corrected chi connectivity index (χ3v) is 5.22. The molecule has 3 aromatic rings. The van der Waals surface area contributed by atoms with Gasteiger partial charge in [-0.3, -0.25) is 20.0 Å². The van der Waals surface area contributed by atoms with Crippen molar-refractivity contribution in [3.05, 3.63) is 92.3 Å². The molecule has 0 saturated carbocycles. The van der Waals surface area contributed by atoms with Gasteiger partial charge < -0.3 is 5.32 Å². The SMILES string of the molecule is O=C(NN1C(=O)c2cc(I)ccc2NC1c1cccc(Cl)c1)c1ccncc1. The number of amides is 2. The van der Waals surface area contributed by atoms with E-state index in [9.17, 15) is 9.59 Å². The van der Waals surface area contributed by atoms with Crippen molar-refractivity contribution in [3.63, 3.8) is 0 Å². The molecule has 1 atom stereocenters. The number of hydrogen-bond donors (Lipinski definition) is 2. The molecule has 0 radical (unpaired) electrons. The quantitative estimate of drug-likeness (QED) is 0.523. The molecular weight excluding hydrogens is 491 g/mol. The maximum atomic E-state index is 13.2. The number of nitrogens with zero attached hydrogens (tertiary/aromatic N) is 2. The Bertz CT molecular complexity index is 1060. The zero-order valence-corrected chi connectivity index (χ0v) is 17.3. The Balaban J connectivity index is 1.74. The molecule has 2 heterocycles. The van der Waals surface area contributed by atoms with Gasteiger partial charge >= 0.3 is 0 Å². The number of hydrazine groups is 1. The first-order chi connectivity index (χ1) is 13.5. The maximum absolute atomic E-state index is 13.2. The van der Waals surface area contributed by atoms with Crippen molar-refractivity contribution in [1.29, 1.82) is 0 Å². The summed E-state index contributed by atoms with van der Waals surface area (Å²) in [6.07, 6.45) is 2.44. The first kappa shape index (κ1) is 18.7. The zero-order valence-electron chi connectivity index (χ0n) is 14.4. The van der Waals surface area contributed by atoms with E-state index in [4.69, 9.17) is 11.6 Å². The van der Waals surface area contributed by atoms with Crippen molar-refractivity contribution < 1.29 is 9.59 Å². The van der Waals surface area contributed by atoms with Gasteiger partial charge in [-0.05, 0) is 70.6 Å². The summed E-state index contributed by atoms with van der Waals surface area (Å²) in [4.78, 5) is 29.8. The van der Waals surface area contributed by atoms with E-state index in [2.05, 4.69) is 38.3 Å². The minimum atomic E-state index is -0.607. The summed E-state index contributed by atoms with van der Waals surface area (Å²) in [7, 11) is 0. The molecule has 0 spiro atoms. The van der Waals surface area contributed by atoms with Crippen molar-refractivity contribution in [2.24, 2.45) is 0 Å². The number of benzene rings is 2. The number of carbonyl (C=O) groups excluding carboxylic acids is 2. The van der Waals surface area contributed by atoms with Crippen molar-refractivity contribution in [3.8, 4) is 0 Å². The van der Waals surface area contributed by atoms with Gasteiger partial charge in [-0.25, -0.2) is 5.01 Å². The molecule has 2 N–H and O–H groups in total. The van der Waals surface area contributed by atoms with Crippen molar-refractivity contribution >= 4 is 51.7 Å². The second kappa shape index (κ2) is 7.76. The van der Waals surface area contributed by atoms with Gasteiger partial charge in [0, 0.05) is 32.2 Å². The number of nitrogens with one attached hydrogen (secondary N) is 2. The Labute approximate surface area is 180 Å². The molecule has 0 saturated heterocycles. The van der Waals surface area contributed by atoms with Gasteiger partial charge in [0.25, 0.3) is 11.8 Å². The Morgan fingerprint density at radius 2 is 1.93 bits per heavy atom. The maximum Gasteiger partial charge on any atom is 0.276 e. The topological polar surface area (TPSA) is 74.3 Å². The predicted molar refractivity (Wildman–Crippen MR) is 115 cm³/mol. The molecule has 0 bridgehead atoms. The van der Waals surface area contributed by atoms with Crippen LogP contribution in [-0.4, -0.2) is 21.8 Å². The van der Waals surface area contributed by atoms with Crippen LogP contribution in [0.5, 0.6) is 0 Å². The highest BCUT2D eigenvalue weighted by molar-refractivity contribution is 14.1. The van der Waals surface area contributed by atoms with Crippen LogP contribution >= 0.6 is 34.2 Å². The summed E-state index contributed by atoms with van der Waals surface area (Å²) in [5, 5.41) is 5.16. The van der Waals surface area contributed by atoms with Gasteiger partial charge in [0.1, 0.15) is 6.17 Å². The molecule has 0 fully saturated rings. The lowest BCUT2D eigenvalue weighted by atomic mass is 10.0. The Morgan fingerprint density at radius 1 is 1.14 bits per heavy atom. The summed E-state index contributed by atoms with van der Waals surface area (Å²) in [6, 6.07) is 15.9. The number of anilines is 1. The minimum absolute atomic E-state index is 0.306. The number of hydrogen-bond acceptors (Lipinski definition) is 4. The predicted octanol–water partition coefficient (Wildman–Crippen LogP) is 4.25. The van der Waals surface area contributed by atoms with E-state index in [1.165, 1.54) is 17.4 Å². The van der Waals surface area contributed by atoms with Crippen molar-refractivity contribution in [2.75, 3.05) is 5.32 Å². The Kier molecular flexibility index (Phi) is 5.19. The molecule has 1 aromatic heterocycles. The standard InChI is InChI=1S/C20H14ClIN4O2/c21-14-3-1-2-13(10-14)18-24-17-5-4-15(22)11-16(17)20(28)26(18)25-19(27)12-6-8-23-9-7-12/h1-11,18,24H,(H,25,27). The molecule has 1 aliphatic rings. The van der Waals surface area contributed by atoms with Gasteiger partial charge in [-0.2, -0.15) is 0 Å². The fourth-order valence-corrected chi connectivity index (χ4v) is 3.67. The smallest absolute Gasteiger partial charge is 0.276 e. The first-order valence-electron chi connectivity index (χ1n) is 8.39. The average Bonchev–Trinajstić information content (AvgIpc) is 2.71. The molecule has 140 valence electrons. The van der Waals surface area contributed by atoms with Crippen molar-refractivity contribution in [2.45, 2.75) is 6.17 Å². The lowest BCUT2D eigenvalue weighted by molar-refractivity contribution is 0.0491. The monoisotopic (exact) mass is 504 g/mol. The van der Waals surface area contributed by atoms with Gasteiger partial charge in [0.2, 0.25) is 0 Å². The van der Waals surface area contributed by atoms with E-state index in [0.717, 1.165) is 9.13 Å². The van der Waals surface area contributed by atoms with E-state index in [0.29, 0.717) is 21.8 Å². The average molecular weight is 505 g/mol. The molecule has 1 unspecified atom stereocenters. The third-order valence-electron chi connectivity index (χ3n) is 4.31. The lowest BCUT2D eigenvalue weighted by Gasteiger charge is -2.38. The fourth-order valence-electron chi connectivity index (χ4n) is 2.98. The molecular formula is C20H14ClIN4O2. The molecule has 2 aromatic carbocycles. The van der Waals surface area contributed by atoms with E-state index < -0.39 is 12.1 Å². The second-order valence-corrected chi connectivity index (χ2v) is 7.83. The van der Waals surface area contributed by atoms with Crippen LogP contribution in [0.4, 0.5) is 5.69 Å². The molecule has 28 heavy (non-hydrogen) atoms. The molecule has 4 rings (SSSR count). The molecule has 2 amide bonds. The summed E-state index contributed by atoms with van der Waals surface area (Å²) < 4.78 is 0.924. The van der Waals surface area contributed by atoms with Crippen LogP contribution in [0.3, 0.4) is 0 Å². The third kappa shape index (κ3) is 3.67. The van der Waals surface area contributed by atoms with Crippen LogP contribution in [0, 0.1) is 3.57 Å². The highest BCUT2D eigenvalue weighted by Crippen LogP contribution is 2.33. The first-order valence-corrected chi connectivity index (χ1v) is 9.85. The van der Waals surface area contributed by atoms with Gasteiger partial charge in [-0.1, -0.05) is 23.7 Å². The zero-order chi connectivity index (χ0) is 19.7. The number of halogens is 2. The fraction of sp³-hybridized carbons (Fsp3) is 0.0500. The van der Waals surface area contributed by atoms with Crippen LogP contribution in [0.25, 0.3) is 0 Å². The minimum Gasteiger partial charge on any atom is -0.359 e. The normalized spacial score (nSPS) is 15.6. The molecule has 0 aliphatic carbocycles. The lowest BCUT2D eigenvalue weighted by Crippen LogP contribution is -2.52. The second-order valence-electron chi connectivity index (χ2n) is 6.14. The highest BCUT2D eigenvalue weighted by Gasteiger charge is 2.34.